The van der Waals surface area contributed by atoms with Crippen molar-refractivity contribution in [2.24, 2.45) is 0 Å². The van der Waals surface area contributed by atoms with Gasteiger partial charge in [0, 0.05) is 0 Å². The van der Waals surface area contributed by atoms with Crippen LogP contribution in [0.5, 0.6) is 0 Å². The van der Waals surface area contributed by atoms with E-state index in [2.05, 4.69) is 0 Å². The number of hydrogen-bond acceptors (Lipinski definition) is 0. The van der Waals surface area contributed by atoms with E-state index in [9.17, 15) is 0 Å². The maximum absolute atomic E-state index is 2.00. The van der Waals surface area contributed by atoms with E-state index >= 15 is 0 Å². The summed E-state index contributed by atoms with van der Waals surface area (Å²) in [6, 6.07) is 0. The summed E-state index contributed by atoms with van der Waals surface area (Å²) in [6.07, 6.45) is 12.0. The van der Waals surface area contributed by atoms with E-state index in [4.69, 9.17) is 0 Å². The first kappa shape index (κ1) is 6.15. The minimum absolute atomic E-state index is 2.00. The maximum atomic E-state index is 2.00. The molecule has 1 aliphatic heterocycles. The van der Waals surface area contributed by atoms with Crippen LogP contribution in [0.15, 0.2) is 48.4 Å². The van der Waals surface area contributed by atoms with Gasteiger partial charge in [0.1, 0.15) is 0 Å². The standard InChI is InChI=1S/C8H8B/c1-2-4-6-8-9-7-5-3-1/h1-8H. The molecule has 0 amide bonds. The molecule has 0 spiro atoms. The third-order valence-electron chi connectivity index (χ3n) is 1.00. The smallest absolute Gasteiger partial charge is 0.117 e. The van der Waals surface area contributed by atoms with Gasteiger partial charge in [-0.15, -0.1) is 12.0 Å². The molecule has 1 aliphatic rings. The lowest BCUT2D eigenvalue weighted by molar-refractivity contribution is 1.91. The topological polar surface area (TPSA) is 0 Å². The summed E-state index contributed by atoms with van der Waals surface area (Å²) in [6.45, 7) is 0. The molecule has 43 valence electrons. The van der Waals surface area contributed by atoms with Crippen LogP contribution in [0.1, 0.15) is 0 Å². The van der Waals surface area contributed by atoms with Crippen molar-refractivity contribution in [1.29, 1.82) is 0 Å². The van der Waals surface area contributed by atoms with Gasteiger partial charge in [-0.25, -0.2) is 0 Å². The first-order valence-electron chi connectivity index (χ1n) is 3.00. The van der Waals surface area contributed by atoms with E-state index < -0.39 is 0 Å². The summed E-state index contributed by atoms with van der Waals surface area (Å²) in [7, 11) is 2.00. The fourth-order valence-electron chi connectivity index (χ4n) is 0.577. The fourth-order valence-corrected chi connectivity index (χ4v) is 0.577. The first-order valence-corrected chi connectivity index (χ1v) is 3.00. The van der Waals surface area contributed by atoms with Crippen LogP contribution < -0.4 is 0 Å². The lowest BCUT2D eigenvalue weighted by Crippen LogP contribution is -1.72. The fraction of sp³-hybridized carbons (Fsp3) is 0. The minimum atomic E-state index is 2.00. The molecule has 0 bridgehead atoms. The van der Waals surface area contributed by atoms with E-state index in [0.717, 1.165) is 0 Å². The molecule has 0 aromatic carbocycles. The quantitative estimate of drug-likeness (QED) is 0.422. The monoisotopic (exact) mass is 115 g/mol. The molecule has 1 radical (unpaired) electrons. The second-order valence-corrected chi connectivity index (χ2v) is 1.73. The minimum Gasteiger partial charge on any atom is -0.117 e. The number of allylic oxidation sites excluding steroid dienone is 6. The third kappa shape index (κ3) is 2.75. The van der Waals surface area contributed by atoms with Crippen LogP contribution in [0.3, 0.4) is 0 Å². The zero-order chi connectivity index (χ0) is 6.36. The average Bonchev–Trinajstić information content (AvgIpc) is 2.00. The molecule has 0 aliphatic carbocycles. The van der Waals surface area contributed by atoms with Crippen LogP contribution in [-0.2, 0) is 0 Å². The van der Waals surface area contributed by atoms with Gasteiger partial charge in [-0.1, -0.05) is 36.5 Å². The molecular formula is C8H8B. The maximum Gasteiger partial charge on any atom is 0.171 e. The van der Waals surface area contributed by atoms with Gasteiger partial charge in [0.05, 0.1) is 0 Å². The Morgan fingerprint density at radius 2 is 1.00 bits per heavy atom. The lowest BCUT2D eigenvalue weighted by atomic mass is 9.78. The highest BCUT2D eigenvalue weighted by Crippen LogP contribution is 1.85. The Labute approximate surface area is 56.5 Å². The van der Waals surface area contributed by atoms with Crippen LogP contribution in [0.4, 0.5) is 0 Å². The molecule has 0 unspecified atom stereocenters. The van der Waals surface area contributed by atoms with E-state index in [1.54, 1.807) is 0 Å². The summed E-state index contributed by atoms with van der Waals surface area (Å²) in [5.74, 6) is 4.00. The predicted molar refractivity (Wildman–Crippen MR) is 42.3 cm³/mol. The Bertz CT molecular complexity index is 153. The molecule has 0 fully saturated rings. The zero-order valence-electron chi connectivity index (χ0n) is 5.20. The summed E-state index contributed by atoms with van der Waals surface area (Å²) >= 11 is 0. The number of rotatable bonds is 0. The van der Waals surface area contributed by atoms with Crippen molar-refractivity contribution in [3.8, 4) is 0 Å². The van der Waals surface area contributed by atoms with Gasteiger partial charge < -0.3 is 0 Å². The summed E-state index contributed by atoms with van der Waals surface area (Å²) in [5, 5.41) is 0. The van der Waals surface area contributed by atoms with Gasteiger partial charge in [0.25, 0.3) is 0 Å². The summed E-state index contributed by atoms with van der Waals surface area (Å²) in [5.41, 5.74) is 0. The molecule has 0 saturated carbocycles. The SMILES string of the molecule is [B]1C=CC=CC=CC=C1. The molecule has 0 aromatic rings. The van der Waals surface area contributed by atoms with Crippen LogP contribution in [0.2, 0.25) is 0 Å². The van der Waals surface area contributed by atoms with Crippen molar-refractivity contribution in [3.05, 3.63) is 48.4 Å². The molecule has 1 rings (SSSR count). The lowest BCUT2D eigenvalue weighted by Gasteiger charge is -1.71. The van der Waals surface area contributed by atoms with Crippen LogP contribution in [0, 0.1) is 0 Å². The number of hydrogen-bond donors (Lipinski definition) is 0. The Morgan fingerprint density at radius 1 is 0.556 bits per heavy atom. The third-order valence-corrected chi connectivity index (χ3v) is 1.00. The summed E-state index contributed by atoms with van der Waals surface area (Å²) < 4.78 is 0. The molecule has 1 heteroatoms. The van der Waals surface area contributed by atoms with E-state index in [1.807, 2.05) is 55.7 Å². The van der Waals surface area contributed by atoms with E-state index in [0.29, 0.717) is 0 Å². The van der Waals surface area contributed by atoms with Gasteiger partial charge in [-0.2, -0.15) is 0 Å². The molecule has 0 atom stereocenters. The molecule has 0 saturated heterocycles. The Kier molecular flexibility index (Phi) is 2.71. The van der Waals surface area contributed by atoms with E-state index in [-0.39, 0.29) is 0 Å². The Balaban J connectivity index is 2.60. The molecule has 0 nitrogen and oxygen atoms in total. The Hall–Kier alpha value is -0.975. The van der Waals surface area contributed by atoms with Crippen LogP contribution in [-0.4, -0.2) is 7.28 Å². The molecule has 0 N–H and O–H groups in total. The normalized spacial score (nSPS) is 16.0. The second-order valence-electron chi connectivity index (χ2n) is 1.73. The van der Waals surface area contributed by atoms with Crippen molar-refractivity contribution < 1.29 is 0 Å². The van der Waals surface area contributed by atoms with Crippen molar-refractivity contribution in [1.82, 2.24) is 0 Å². The highest BCUT2D eigenvalue weighted by molar-refractivity contribution is 6.48. The molecule has 0 aromatic heterocycles. The van der Waals surface area contributed by atoms with Gasteiger partial charge in [0.2, 0.25) is 0 Å². The first-order chi connectivity index (χ1) is 4.50. The van der Waals surface area contributed by atoms with Gasteiger partial charge >= 0.3 is 0 Å². The molecular weight excluding hydrogens is 107 g/mol. The van der Waals surface area contributed by atoms with Crippen LogP contribution >= 0.6 is 0 Å². The van der Waals surface area contributed by atoms with Crippen molar-refractivity contribution in [3.63, 3.8) is 0 Å². The second kappa shape index (κ2) is 3.96. The Morgan fingerprint density at radius 3 is 1.56 bits per heavy atom. The van der Waals surface area contributed by atoms with E-state index in [1.165, 1.54) is 0 Å². The average molecular weight is 115 g/mol. The zero-order valence-corrected chi connectivity index (χ0v) is 5.20. The summed E-state index contributed by atoms with van der Waals surface area (Å²) in [4.78, 5) is 0. The predicted octanol–water partition coefficient (Wildman–Crippen LogP) is 1.84. The van der Waals surface area contributed by atoms with Crippen molar-refractivity contribution >= 4 is 7.28 Å². The molecule has 9 heavy (non-hydrogen) atoms. The van der Waals surface area contributed by atoms with Crippen molar-refractivity contribution in [2.75, 3.05) is 0 Å². The highest BCUT2D eigenvalue weighted by Gasteiger charge is 1.72. The van der Waals surface area contributed by atoms with Gasteiger partial charge in [-0.3, -0.25) is 0 Å². The van der Waals surface area contributed by atoms with Crippen molar-refractivity contribution in [2.45, 2.75) is 0 Å². The largest absolute Gasteiger partial charge is 0.171 e. The molecule has 1 heterocycles. The van der Waals surface area contributed by atoms with Gasteiger partial charge in [0.15, 0.2) is 7.28 Å². The van der Waals surface area contributed by atoms with Gasteiger partial charge in [-0.05, 0) is 0 Å². The highest BCUT2D eigenvalue weighted by atomic mass is 13.7. The van der Waals surface area contributed by atoms with Crippen LogP contribution in [0.25, 0.3) is 0 Å².